The summed E-state index contributed by atoms with van der Waals surface area (Å²) in [6, 6.07) is 6.48. The van der Waals surface area contributed by atoms with Gasteiger partial charge in [-0.25, -0.2) is 9.10 Å². The fraction of sp³-hybridized carbons (Fsp3) is 0.533. The summed E-state index contributed by atoms with van der Waals surface area (Å²) in [6.45, 7) is 8.22. The topological polar surface area (TPSA) is 75.9 Å². The van der Waals surface area contributed by atoms with Gasteiger partial charge in [0.25, 0.3) is 5.69 Å². The van der Waals surface area contributed by atoms with Crippen LogP contribution in [-0.4, -0.2) is 52.0 Å². The van der Waals surface area contributed by atoms with Crippen molar-refractivity contribution in [1.82, 2.24) is 9.21 Å². The standard InChI is InChI=1S/C15H21N3O4S/c1-15(2,3)22-14(19)16-8-10-17(11-9-16)23-13-6-4-12(5-7-13)18(20)21/h4-7H,8-11H2,1-3H3. The Morgan fingerprint density at radius 1 is 1.17 bits per heavy atom. The first kappa shape index (κ1) is 17.6. The maximum absolute atomic E-state index is 12.0. The zero-order chi connectivity index (χ0) is 17.0. The number of carbonyl (C=O) groups excluding carboxylic acids is 1. The van der Waals surface area contributed by atoms with Gasteiger partial charge >= 0.3 is 6.09 Å². The fourth-order valence-electron chi connectivity index (χ4n) is 2.07. The van der Waals surface area contributed by atoms with Crippen molar-refractivity contribution in [2.24, 2.45) is 0 Å². The van der Waals surface area contributed by atoms with Crippen molar-refractivity contribution in [1.29, 1.82) is 0 Å². The maximum atomic E-state index is 12.0. The molecule has 23 heavy (non-hydrogen) atoms. The van der Waals surface area contributed by atoms with Gasteiger partial charge in [-0.05, 0) is 44.9 Å². The highest BCUT2D eigenvalue weighted by Gasteiger charge is 2.26. The van der Waals surface area contributed by atoms with Gasteiger partial charge < -0.3 is 9.64 Å². The molecule has 0 atom stereocenters. The Morgan fingerprint density at radius 3 is 2.22 bits per heavy atom. The van der Waals surface area contributed by atoms with Gasteiger partial charge in [0.05, 0.1) is 4.92 Å². The third-order valence-corrected chi connectivity index (χ3v) is 4.28. The molecule has 0 aromatic heterocycles. The molecule has 1 saturated heterocycles. The molecule has 0 unspecified atom stereocenters. The minimum Gasteiger partial charge on any atom is -0.444 e. The molecule has 1 aliphatic heterocycles. The number of carbonyl (C=O) groups is 1. The van der Waals surface area contributed by atoms with E-state index in [0.717, 1.165) is 18.0 Å². The predicted molar refractivity (Wildman–Crippen MR) is 88.3 cm³/mol. The van der Waals surface area contributed by atoms with Crippen molar-refractivity contribution in [3.63, 3.8) is 0 Å². The second-order valence-corrected chi connectivity index (χ2v) is 7.41. The molecule has 1 aromatic carbocycles. The number of piperazine rings is 1. The number of hydrogen-bond donors (Lipinski definition) is 0. The summed E-state index contributed by atoms with van der Waals surface area (Å²) >= 11 is 1.54. The van der Waals surface area contributed by atoms with E-state index in [1.165, 1.54) is 12.1 Å². The largest absolute Gasteiger partial charge is 0.444 e. The Labute approximate surface area is 139 Å². The summed E-state index contributed by atoms with van der Waals surface area (Å²) in [7, 11) is 0. The van der Waals surface area contributed by atoms with E-state index >= 15 is 0 Å². The lowest BCUT2D eigenvalue weighted by Gasteiger charge is -2.34. The molecule has 1 amide bonds. The van der Waals surface area contributed by atoms with E-state index in [9.17, 15) is 14.9 Å². The third-order valence-electron chi connectivity index (χ3n) is 3.17. The van der Waals surface area contributed by atoms with Crippen LogP contribution in [0.3, 0.4) is 0 Å². The SMILES string of the molecule is CC(C)(C)OC(=O)N1CCN(Sc2ccc([N+](=O)[O-])cc2)CC1. The van der Waals surface area contributed by atoms with E-state index in [2.05, 4.69) is 4.31 Å². The van der Waals surface area contributed by atoms with E-state index < -0.39 is 10.5 Å². The van der Waals surface area contributed by atoms with Gasteiger partial charge in [0.15, 0.2) is 0 Å². The molecular formula is C15H21N3O4S. The number of rotatable bonds is 3. The number of nitro groups is 1. The molecule has 0 N–H and O–H groups in total. The molecule has 1 aliphatic rings. The van der Waals surface area contributed by atoms with Crippen LogP contribution in [-0.2, 0) is 4.74 Å². The van der Waals surface area contributed by atoms with Crippen LogP contribution in [0.4, 0.5) is 10.5 Å². The minimum absolute atomic E-state index is 0.0871. The van der Waals surface area contributed by atoms with Gasteiger partial charge in [0.2, 0.25) is 0 Å². The molecular weight excluding hydrogens is 318 g/mol. The molecule has 1 aromatic rings. The first-order valence-electron chi connectivity index (χ1n) is 7.40. The summed E-state index contributed by atoms with van der Waals surface area (Å²) in [4.78, 5) is 24.9. The average Bonchev–Trinajstić information content (AvgIpc) is 2.46. The lowest BCUT2D eigenvalue weighted by molar-refractivity contribution is -0.384. The van der Waals surface area contributed by atoms with Gasteiger partial charge in [-0.1, -0.05) is 0 Å². The lowest BCUT2D eigenvalue weighted by Crippen LogP contribution is -2.47. The molecule has 126 valence electrons. The van der Waals surface area contributed by atoms with Crippen LogP contribution in [0.1, 0.15) is 20.8 Å². The molecule has 1 heterocycles. The Morgan fingerprint density at radius 2 is 1.74 bits per heavy atom. The molecule has 0 bridgehead atoms. The van der Waals surface area contributed by atoms with Gasteiger partial charge in [-0.2, -0.15) is 0 Å². The smallest absolute Gasteiger partial charge is 0.410 e. The fourth-order valence-corrected chi connectivity index (χ4v) is 2.97. The molecule has 0 spiro atoms. The molecule has 8 heteroatoms. The van der Waals surface area contributed by atoms with Gasteiger partial charge in [0, 0.05) is 43.2 Å². The Balaban J connectivity index is 1.82. The molecule has 1 fully saturated rings. The van der Waals surface area contributed by atoms with Crippen LogP contribution in [0.5, 0.6) is 0 Å². The molecule has 0 saturated carbocycles. The number of nitrogens with zero attached hydrogens (tertiary/aromatic N) is 3. The van der Waals surface area contributed by atoms with Crippen LogP contribution in [0.15, 0.2) is 29.2 Å². The third kappa shape index (κ3) is 5.40. The molecule has 0 aliphatic carbocycles. The first-order valence-corrected chi connectivity index (χ1v) is 8.17. The van der Waals surface area contributed by atoms with Crippen LogP contribution >= 0.6 is 11.9 Å². The second kappa shape index (κ2) is 7.18. The van der Waals surface area contributed by atoms with Crippen molar-refractivity contribution in [3.05, 3.63) is 34.4 Å². The zero-order valence-corrected chi connectivity index (χ0v) is 14.3. The summed E-state index contributed by atoms with van der Waals surface area (Å²) in [5, 5.41) is 10.6. The number of non-ortho nitro benzene ring substituents is 1. The van der Waals surface area contributed by atoms with E-state index in [-0.39, 0.29) is 11.8 Å². The second-order valence-electron chi connectivity index (χ2n) is 6.24. The average molecular weight is 339 g/mol. The summed E-state index contributed by atoms with van der Waals surface area (Å²) < 4.78 is 7.51. The van der Waals surface area contributed by atoms with Crippen LogP contribution in [0.2, 0.25) is 0 Å². The van der Waals surface area contributed by atoms with Crippen LogP contribution in [0, 0.1) is 10.1 Å². The quantitative estimate of drug-likeness (QED) is 0.478. The van der Waals surface area contributed by atoms with Crippen molar-refractivity contribution in [2.75, 3.05) is 26.2 Å². The van der Waals surface area contributed by atoms with Crippen LogP contribution < -0.4 is 0 Å². The first-order chi connectivity index (χ1) is 10.7. The Bertz CT molecular complexity index is 563. The maximum Gasteiger partial charge on any atom is 0.410 e. The van der Waals surface area contributed by atoms with Gasteiger partial charge in [0.1, 0.15) is 5.60 Å². The van der Waals surface area contributed by atoms with Crippen LogP contribution in [0.25, 0.3) is 0 Å². The lowest BCUT2D eigenvalue weighted by atomic mass is 10.2. The predicted octanol–water partition coefficient (Wildman–Crippen LogP) is 3.15. The normalized spacial score (nSPS) is 16.2. The highest BCUT2D eigenvalue weighted by atomic mass is 32.2. The minimum atomic E-state index is -0.484. The van der Waals surface area contributed by atoms with Crippen molar-refractivity contribution >= 4 is 23.7 Å². The summed E-state index contributed by atoms with van der Waals surface area (Å²) in [5.41, 5.74) is -0.397. The number of hydrogen-bond acceptors (Lipinski definition) is 6. The number of nitro benzene ring substituents is 1. The highest BCUT2D eigenvalue weighted by Crippen LogP contribution is 2.26. The number of benzene rings is 1. The number of amides is 1. The monoisotopic (exact) mass is 339 g/mol. The Hall–Kier alpha value is -1.80. The summed E-state index contributed by atoms with van der Waals surface area (Å²) in [5.74, 6) is 0. The van der Waals surface area contributed by atoms with E-state index in [4.69, 9.17) is 4.74 Å². The van der Waals surface area contributed by atoms with E-state index in [1.54, 1.807) is 29.0 Å². The van der Waals surface area contributed by atoms with Gasteiger partial charge in [-0.15, -0.1) is 0 Å². The zero-order valence-electron chi connectivity index (χ0n) is 13.5. The van der Waals surface area contributed by atoms with E-state index in [1.807, 2.05) is 20.8 Å². The molecule has 2 rings (SSSR count). The van der Waals surface area contributed by atoms with Crippen molar-refractivity contribution < 1.29 is 14.5 Å². The Kier molecular flexibility index (Phi) is 5.48. The van der Waals surface area contributed by atoms with Crippen molar-refractivity contribution in [3.8, 4) is 0 Å². The number of ether oxygens (including phenoxy) is 1. The molecule has 0 radical (unpaired) electrons. The summed E-state index contributed by atoms with van der Waals surface area (Å²) in [6.07, 6.45) is -0.280. The van der Waals surface area contributed by atoms with Gasteiger partial charge in [-0.3, -0.25) is 10.1 Å². The van der Waals surface area contributed by atoms with E-state index in [0.29, 0.717) is 13.1 Å². The molecule has 7 nitrogen and oxygen atoms in total. The van der Waals surface area contributed by atoms with Crippen molar-refractivity contribution in [2.45, 2.75) is 31.3 Å². The highest BCUT2D eigenvalue weighted by molar-refractivity contribution is 7.97.